The zero-order valence-corrected chi connectivity index (χ0v) is 12.2. The van der Waals surface area contributed by atoms with Gasteiger partial charge in [0.1, 0.15) is 5.82 Å². The van der Waals surface area contributed by atoms with Crippen LogP contribution in [0.2, 0.25) is 0 Å². The fourth-order valence-corrected chi connectivity index (χ4v) is 2.64. The molecule has 0 atom stereocenters. The Hall–Kier alpha value is -3.34. The Bertz CT molecular complexity index is 1040. The van der Waals surface area contributed by atoms with Gasteiger partial charge in [-0.1, -0.05) is 24.3 Å². The van der Waals surface area contributed by atoms with Crippen molar-refractivity contribution < 1.29 is 0 Å². The van der Waals surface area contributed by atoms with Crippen molar-refractivity contribution >= 4 is 33.3 Å². The highest BCUT2D eigenvalue weighted by atomic mass is 14.9. The fraction of sp³-hybridized carbons (Fsp3) is 0. The summed E-state index contributed by atoms with van der Waals surface area (Å²) < 4.78 is 0. The van der Waals surface area contributed by atoms with Crippen LogP contribution in [-0.2, 0) is 0 Å². The van der Waals surface area contributed by atoms with E-state index in [0.717, 1.165) is 21.8 Å². The Morgan fingerprint density at radius 3 is 2.52 bits per heavy atom. The monoisotopic (exact) mass is 299 g/mol. The van der Waals surface area contributed by atoms with Crippen molar-refractivity contribution in [3.05, 3.63) is 72.2 Å². The van der Waals surface area contributed by atoms with Crippen LogP contribution in [-0.4, -0.2) is 20.7 Å². The SMILES string of the molecule is N=C(c1ccccn1)c1cc2ccc3cccnc3c2nc1N. The van der Waals surface area contributed by atoms with E-state index in [1.807, 2.05) is 42.5 Å². The molecule has 0 unspecified atom stereocenters. The molecule has 0 saturated heterocycles. The molecule has 0 amide bonds. The van der Waals surface area contributed by atoms with Gasteiger partial charge in [0.2, 0.25) is 0 Å². The van der Waals surface area contributed by atoms with Crippen LogP contribution in [0.15, 0.2) is 60.9 Å². The number of hydrogen-bond donors (Lipinski definition) is 2. The van der Waals surface area contributed by atoms with Gasteiger partial charge in [-0.25, -0.2) is 4.98 Å². The predicted molar refractivity (Wildman–Crippen MR) is 91.6 cm³/mol. The summed E-state index contributed by atoms with van der Waals surface area (Å²) >= 11 is 0. The summed E-state index contributed by atoms with van der Waals surface area (Å²) in [6, 6.07) is 15.2. The quantitative estimate of drug-likeness (QED) is 0.439. The number of fused-ring (bicyclic) bond motifs is 3. The summed E-state index contributed by atoms with van der Waals surface area (Å²) in [5.74, 6) is 0.311. The van der Waals surface area contributed by atoms with Crippen LogP contribution in [0.4, 0.5) is 5.82 Å². The molecule has 0 spiro atoms. The number of pyridine rings is 3. The van der Waals surface area contributed by atoms with E-state index in [-0.39, 0.29) is 5.71 Å². The highest BCUT2D eigenvalue weighted by Crippen LogP contribution is 2.26. The molecule has 4 aromatic rings. The fourth-order valence-electron chi connectivity index (χ4n) is 2.64. The summed E-state index contributed by atoms with van der Waals surface area (Å²) in [6.45, 7) is 0. The molecule has 0 bridgehead atoms. The summed E-state index contributed by atoms with van der Waals surface area (Å²) in [4.78, 5) is 13.1. The van der Waals surface area contributed by atoms with Gasteiger partial charge in [-0.15, -0.1) is 0 Å². The maximum atomic E-state index is 8.35. The van der Waals surface area contributed by atoms with Crippen LogP contribution < -0.4 is 5.73 Å². The zero-order valence-electron chi connectivity index (χ0n) is 12.2. The van der Waals surface area contributed by atoms with Gasteiger partial charge in [0, 0.05) is 28.7 Å². The second-order valence-electron chi connectivity index (χ2n) is 5.22. The number of nitrogens with two attached hydrogens (primary N) is 1. The molecule has 0 aliphatic heterocycles. The molecule has 0 aliphatic rings. The molecule has 0 aliphatic carbocycles. The van der Waals surface area contributed by atoms with Gasteiger partial charge in [-0.2, -0.15) is 0 Å². The lowest BCUT2D eigenvalue weighted by atomic mass is 10.0. The minimum Gasteiger partial charge on any atom is -0.383 e. The molecule has 0 radical (unpaired) electrons. The minimum atomic E-state index is 0.263. The highest BCUT2D eigenvalue weighted by Gasteiger charge is 2.13. The number of aromatic nitrogens is 3. The summed E-state index contributed by atoms with van der Waals surface area (Å²) in [5, 5.41) is 10.3. The molecule has 3 aromatic heterocycles. The largest absolute Gasteiger partial charge is 0.383 e. The topological polar surface area (TPSA) is 88.5 Å². The van der Waals surface area contributed by atoms with E-state index in [4.69, 9.17) is 11.1 Å². The van der Waals surface area contributed by atoms with E-state index >= 15 is 0 Å². The number of nitrogen functional groups attached to an aromatic ring is 1. The average molecular weight is 299 g/mol. The smallest absolute Gasteiger partial charge is 0.133 e. The van der Waals surface area contributed by atoms with Crippen molar-refractivity contribution in [2.45, 2.75) is 0 Å². The van der Waals surface area contributed by atoms with Crippen molar-refractivity contribution in [1.29, 1.82) is 5.41 Å². The standard InChI is InChI=1S/C18H13N5/c19-15(14-5-1-2-8-21-14)13-10-12-7-6-11-4-3-9-22-16(11)17(12)23-18(13)20/h1-10,19H,(H2,20,23). The molecule has 3 heterocycles. The number of anilines is 1. The zero-order chi connectivity index (χ0) is 15.8. The number of nitrogens with zero attached hydrogens (tertiary/aromatic N) is 3. The molecule has 0 fully saturated rings. The van der Waals surface area contributed by atoms with Gasteiger partial charge < -0.3 is 5.73 Å². The van der Waals surface area contributed by atoms with Crippen molar-refractivity contribution in [3.63, 3.8) is 0 Å². The third-order valence-electron chi connectivity index (χ3n) is 3.78. The molecule has 4 rings (SSSR count). The summed E-state index contributed by atoms with van der Waals surface area (Å²) in [5.41, 5.74) is 9.08. The van der Waals surface area contributed by atoms with E-state index in [1.165, 1.54) is 0 Å². The van der Waals surface area contributed by atoms with Crippen molar-refractivity contribution in [2.24, 2.45) is 0 Å². The predicted octanol–water partition coefficient (Wildman–Crippen LogP) is 3.18. The molecular formula is C18H13N5. The molecule has 23 heavy (non-hydrogen) atoms. The van der Waals surface area contributed by atoms with Gasteiger partial charge in [-0.05, 0) is 24.3 Å². The van der Waals surface area contributed by atoms with Gasteiger partial charge >= 0.3 is 0 Å². The number of benzene rings is 1. The lowest BCUT2D eigenvalue weighted by molar-refractivity contribution is 1.26. The first-order valence-electron chi connectivity index (χ1n) is 7.18. The molecule has 1 aromatic carbocycles. The second-order valence-corrected chi connectivity index (χ2v) is 5.22. The van der Waals surface area contributed by atoms with E-state index in [2.05, 4.69) is 15.0 Å². The summed E-state index contributed by atoms with van der Waals surface area (Å²) in [7, 11) is 0. The summed E-state index contributed by atoms with van der Waals surface area (Å²) in [6.07, 6.45) is 3.40. The van der Waals surface area contributed by atoms with E-state index in [1.54, 1.807) is 18.5 Å². The maximum absolute atomic E-state index is 8.35. The van der Waals surface area contributed by atoms with E-state index < -0.39 is 0 Å². The first kappa shape index (κ1) is 13.3. The number of hydrogen-bond acceptors (Lipinski definition) is 5. The first-order chi connectivity index (χ1) is 11.2. The number of nitrogens with one attached hydrogen (secondary N) is 1. The van der Waals surface area contributed by atoms with Crippen LogP contribution in [0.1, 0.15) is 11.3 Å². The van der Waals surface area contributed by atoms with Crippen LogP contribution in [0.3, 0.4) is 0 Å². The Morgan fingerprint density at radius 2 is 1.70 bits per heavy atom. The van der Waals surface area contributed by atoms with E-state index in [0.29, 0.717) is 17.1 Å². The van der Waals surface area contributed by atoms with Crippen molar-refractivity contribution in [3.8, 4) is 0 Å². The Morgan fingerprint density at radius 1 is 0.870 bits per heavy atom. The molecule has 110 valence electrons. The lowest BCUT2D eigenvalue weighted by Gasteiger charge is -2.09. The lowest BCUT2D eigenvalue weighted by Crippen LogP contribution is -2.09. The van der Waals surface area contributed by atoms with Crippen molar-refractivity contribution in [2.75, 3.05) is 5.73 Å². The van der Waals surface area contributed by atoms with E-state index in [9.17, 15) is 0 Å². The Labute approximate surface area is 132 Å². The van der Waals surface area contributed by atoms with Gasteiger partial charge in [0.15, 0.2) is 0 Å². The first-order valence-corrected chi connectivity index (χ1v) is 7.18. The van der Waals surface area contributed by atoms with Crippen LogP contribution >= 0.6 is 0 Å². The molecule has 5 heteroatoms. The van der Waals surface area contributed by atoms with Crippen molar-refractivity contribution in [1.82, 2.24) is 15.0 Å². The third kappa shape index (κ3) is 2.19. The number of rotatable bonds is 2. The van der Waals surface area contributed by atoms with Gasteiger partial charge in [0.25, 0.3) is 0 Å². The Kier molecular flexibility index (Phi) is 2.98. The van der Waals surface area contributed by atoms with Crippen LogP contribution in [0, 0.1) is 5.41 Å². The van der Waals surface area contributed by atoms with Gasteiger partial charge in [-0.3, -0.25) is 15.4 Å². The average Bonchev–Trinajstić information content (AvgIpc) is 2.61. The molecular weight excluding hydrogens is 286 g/mol. The van der Waals surface area contributed by atoms with Crippen LogP contribution in [0.5, 0.6) is 0 Å². The normalized spacial score (nSPS) is 11.0. The Balaban J connectivity index is 1.94. The highest BCUT2D eigenvalue weighted by molar-refractivity contribution is 6.15. The third-order valence-corrected chi connectivity index (χ3v) is 3.78. The van der Waals surface area contributed by atoms with Gasteiger partial charge in [0.05, 0.1) is 22.4 Å². The molecule has 5 nitrogen and oxygen atoms in total. The minimum absolute atomic E-state index is 0.263. The molecule has 0 saturated carbocycles. The second kappa shape index (κ2) is 5.14. The maximum Gasteiger partial charge on any atom is 0.133 e. The molecule has 3 N–H and O–H groups in total. The van der Waals surface area contributed by atoms with Crippen LogP contribution in [0.25, 0.3) is 21.8 Å².